The smallest absolute Gasteiger partial charge is 0.142 e. The van der Waals surface area contributed by atoms with Gasteiger partial charge in [0, 0.05) is 6.61 Å². The molecule has 0 fully saturated rings. The van der Waals surface area contributed by atoms with Crippen molar-refractivity contribution < 1.29 is 9.13 Å². The molecule has 0 aromatic heterocycles. The first-order valence-electron chi connectivity index (χ1n) is 6.50. The van der Waals surface area contributed by atoms with Crippen LogP contribution in [0.4, 0.5) is 4.39 Å². The van der Waals surface area contributed by atoms with E-state index in [2.05, 4.69) is 5.43 Å². The topological polar surface area (TPSA) is 47.3 Å². The largest absolute Gasteiger partial charge is 0.374 e. The Kier molecular flexibility index (Phi) is 6.20. The van der Waals surface area contributed by atoms with Crippen LogP contribution in [0.5, 0.6) is 0 Å². The summed E-state index contributed by atoms with van der Waals surface area (Å²) in [7, 11) is 0. The molecule has 3 N–H and O–H groups in total. The number of halogens is 2. The third kappa shape index (κ3) is 4.14. The highest BCUT2D eigenvalue weighted by Crippen LogP contribution is 2.24. The Bertz CT molecular complexity index is 416. The first-order valence-corrected chi connectivity index (χ1v) is 6.88. The lowest BCUT2D eigenvalue weighted by Crippen LogP contribution is -2.54. The van der Waals surface area contributed by atoms with Crippen LogP contribution in [0.1, 0.15) is 32.8 Å². The predicted molar refractivity (Wildman–Crippen MR) is 76.5 cm³/mol. The molecule has 0 saturated heterocycles. The van der Waals surface area contributed by atoms with Gasteiger partial charge in [-0.05, 0) is 44.4 Å². The zero-order chi connectivity index (χ0) is 14.5. The molecule has 1 rings (SSSR count). The molecule has 0 aliphatic rings. The van der Waals surface area contributed by atoms with E-state index in [0.29, 0.717) is 13.0 Å². The van der Waals surface area contributed by atoms with E-state index >= 15 is 0 Å². The summed E-state index contributed by atoms with van der Waals surface area (Å²) in [5.41, 5.74) is 3.23. The molecule has 108 valence electrons. The fourth-order valence-electron chi connectivity index (χ4n) is 2.13. The maximum Gasteiger partial charge on any atom is 0.142 e. The summed E-state index contributed by atoms with van der Waals surface area (Å²) in [6.45, 7) is 6.61. The molecule has 5 heteroatoms. The van der Waals surface area contributed by atoms with Gasteiger partial charge in [-0.3, -0.25) is 11.3 Å². The first-order chi connectivity index (χ1) is 8.96. The van der Waals surface area contributed by atoms with Gasteiger partial charge in [-0.25, -0.2) is 4.39 Å². The Morgan fingerprint density at radius 2 is 2.16 bits per heavy atom. The highest BCUT2D eigenvalue weighted by Gasteiger charge is 2.32. The minimum atomic E-state index is -0.412. The van der Waals surface area contributed by atoms with Crippen molar-refractivity contribution in [2.24, 2.45) is 5.84 Å². The number of hydrazine groups is 1. The van der Waals surface area contributed by atoms with Crippen LogP contribution in [-0.4, -0.2) is 18.2 Å². The van der Waals surface area contributed by atoms with E-state index in [4.69, 9.17) is 22.2 Å². The number of hydrogen-bond donors (Lipinski definition) is 2. The van der Waals surface area contributed by atoms with Crippen molar-refractivity contribution in [3.63, 3.8) is 0 Å². The molecular weight excluding hydrogens is 267 g/mol. The summed E-state index contributed by atoms with van der Waals surface area (Å²) in [5, 5.41) is 0.129. The quantitative estimate of drug-likeness (QED) is 0.599. The van der Waals surface area contributed by atoms with Crippen LogP contribution in [-0.2, 0) is 11.2 Å². The van der Waals surface area contributed by atoms with Gasteiger partial charge in [0.25, 0.3) is 0 Å². The minimum Gasteiger partial charge on any atom is -0.374 e. The summed E-state index contributed by atoms with van der Waals surface area (Å²) in [6.07, 6.45) is 1.39. The van der Waals surface area contributed by atoms with E-state index in [0.717, 1.165) is 12.0 Å². The molecule has 0 saturated carbocycles. The average Bonchev–Trinajstić information content (AvgIpc) is 2.40. The third-order valence-electron chi connectivity index (χ3n) is 3.54. The van der Waals surface area contributed by atoms with E-state index in [-0.39, 0.29) is 16.7 Å². The molecule has 0 spiro atoms. The molecule has 0 radical (unpaired) electrons. The van der Waals surface area contributed by atoms with Crippen LogP contribution < -0.4 is 11.3 Å². The SMILES string of the molecule is CCOC(C)(CC)C(Cc1ccc(Cl)c(F)c1)NN. The maximum absolute atomic E-state index is 13.4. The van der Waals surface area contributed by atoms with E-state index in [9.17, 15) is 4.39 Å². The molecule has 0 aliphatic carbocycles. The molecule has 0 aliphatic heterocycles. The predicted octanol–water partition coefficient (Wildman–Crippen LogP) is 3.06. The second-order valence-corrected chi connectivity index (χ2v) is 5.18. The van der Waals surface area contributed by atoms with E-state index in [1.807, 2.05) is 20.8 Å². The van der Waals surface area contributed by atoms with E-state index < -0.39 is 5.82 Å². The van der Waals surface area contributed by atoms with Gasteiger partial charge < -0.3 is 4.74 Å². The summed E-state index contributed by atoms with van der Waals surface area (Å²) in [4.78, 5) is 0. The van der Waals surface area contributed by atoms with Gasteiger partial charge in [0.2, 0.25) is 0 Å². The molecule has 1 aromatic carbocycles. The van der Waals surface area contributed by atoms with Crippen LogP contribution in [0.3, 0.4) is 0 Å². The van der Waals surface area contributed by atoms with E-state index in [1.165, 1.54) is 6.07 Å². The van der Waals surface area contributed by atoms with Crippen LogP contribution in [0.2, 0.25) is 5.02 Å². The molecule has 0 bridgehead atoms. The van der Waals surface area contributed by atoms with Gasteiger partial charge in [0.05, 0.1) is 16.7 Å². The zero-order valence-electron chi connectivity index (χ0n) is 11.7. The van der Waals surface area contributed by atoms with Crippen LogP contribution >= 0.6 is 11.6 Å². The zero-order valence-corrected chi connectivity index (χ0v) is 12.4. The van der Waals surface area contributed by atoms with Gasteiger partial charge in [-0.2, -0.15) is 0 Å². The van der Waals surface area contributed by atoms with Gasteiger partial charge in [0.15, 0.2) is 0 Å². The molecule has 2 unspecified atom stereocenters. The fraction of sp³-hybridized carbons (Fsp3) is 0.571. The Hall–Kier alpha value is -0.680. The lowest BCUT2D eigenvalue weighted by atomic mass is 9.88. The van der Waals surface area contributed by atoms with Crippen molar-refractivity contribution in [1.29, 1.82) is 0 Å². The number of rotatable bonds is 7. The van der Waals surface area contributed by atoms with Crippen molar-refractivity contribution in [3.8, 4) is 0 Å². The third-order valence-corrected chi connectivity index (χ3v) is 3.84. The molecule has 2 atom stereocenters. The second kappa shape index (κ2) is 7.20. The number of ether oxygens (including phenoxy) is 1. The van der Waals surface area contributed by atoms with E-state index in [1.54, 1.807) is 12.1 Å². The lowest BCUT2D eigenvalue weighted by Gasteiger charge is -2.36. The Balaban J connectivity index is 2.88. The molecular formula is C14H22ClFN2O. The standard InChI is InChI=1S/C14H22ClFN2O/c1-4-14(3,19-5-2)13(18-17)9-10-6-7-11(15)12(16)8-10/h6-8,13,18H,4-5,9,17H2,1-3H3. The average molecular weight is 289 g/mol. The number of benzene rings is 1. The van der Waals surface area contributed by atoms with Crippen LogP contribution in [0.25, 0.3) is 0 Å². The highest BCUT2D eigenvalue weighted by atomic mass is 35.5. The number of hydrogen-bond acceptors (Lipinski definition) is 3. The first kappa shape index (κ1) is 16.4. The molecule has 0 amide bonds. The molecule has 1 aromatic rings. The van der Waals surface area contributed by atoms with Crippen LogP contribution in [0.15, 0.2) is 18.2 Å². The van der Waals surface area contributed by atoms with Crippen molar-refractivity contribution in [2.75, 3.05) is 6.61 Å². The van der Waals surface area contributed by atoms with Gasteiger partial charge in [-0.15, -0.1) is 0 Å². The number of nitrogens with two attached hydrogens (primary N) is 1. The Labute approximate surface area is 119 Å². The Morgan fingerprint density at radius 1 is 1.47 bits per heavy atom. The number of nitrogens with one attached hydrogen (secondary N) is 1. The normalized spacial score (nSPS) is 16.1. The Morgan fingerprint density at radius 3 is 2.63 bits per heavy atom. The van der Waals surface area contributed by atoms with Gasteiger partial charge in [0.1, 0.15) is 5.82 Å². The minimum absolute atomic E-state index is 0.0991. The summed E-state index contributed by atoms with van der Waals surface area (Å²) >= 11 is 5.68. The summed E-state index contributed by atoms with van der Waals surface area (Å²) < 4.78 is 19.2. The maximum atomic E-state index is 13.4. The summed E-state index contributed by atoms with van der Waals surface area (Å²) in [6, 6.07) is 4.70. The molecule has 3 nitrogen and oxygen atoms in total. The van der Waals surface area contributed by atoms with Crippen molar-refractivity contribution in [1.82, 2.24) is 5.43 Å². The highest BCUT2D eigenvalue weighted by molar-refractivity contribution is 6.30. The van der Waals surface area contributed by atoms with Crippen molar-refractivity contribution in [2.45, 2.75) is 45.3 Å². The monoisotopic (exact) mass is 288 g/mol. The van der Waals surface area contributed by atoms with Crippen molar-refractivity contribution in [3.05, 3.63) is 34.6 Å². The fourth-order valence-corrected chi connectivity index (χ4v) is 2.25. The molecule has 0 heterocycles. The summed E-state index contributed by atoms with van der Waals surface area (Å²) in [5.74, 6) is 5.22. The van der Waals surface area contributed by atoms with Gasteiger partial charge >= 0.3 is 0 Å². The van der Waals surface area contributed by atoms with Crippen LogP contribution in [0, 0.1) is 5.82 Å². The molecule has 19 heavy (non-hydrogen) atoms. The van der Waals surface area contributed by atoms with Gasteiger partial charge in [-0.1, -0.05) is 24.6 Å². The lowest BCUT2D eigenvalue weighted by molar-refractivity contribution is -0.0551. The van der Waals surface area contributed by atoms with Crippen molar-refractivity contribution >= 4 is 11.6 Å². The second-order valence-electron chi connectivity index (χ2n) is 4.77.